The zero-order chi connectivity index (χ0) is 99.0. The first-order valence-corrected chi connectivity index (χ1v) is 48.0. The van der Waals surface area contributed by atoms with E-state index in [4.69, 9.17) is 31.1 Å². The molecule has 1 unspecified atom stereocenters. The van der Waals surface area contributed by atoms with E-state index < -0.39 is 189 Å². The molecule has 11 amide bonds. The van der Waals surface area contributed by atoms with Gasteiger partial charge in [0.05, 0.1) is 66.0 Å². The Hall–Kier alpha value is -11.6. The number of benzene rings is 3. The molecule has 1 fully saturated rings. The second-order valence-electron chi connectivity index (χ2n) is 33.3. The molecule has 0 spiro atoms. The van der Waals surface area contributed by atoms with E-state index in [2.05, 4.69) is 63.4 Å². The molecule has 134 heavy (non-hydrogen) atoms. The lowest BCUT2D eigenvalue weighted by atomic mass is 9.81. The number of carbonyl (C=O) groups is 14. The van der Waals surface area contributed by atoms with E-state index in [1.54, 1.807) is 56.3 Å². The Balaban J connectivity index is 0.856. The number of guanidine groups is 1. The summed E-state index contributed by atoms with van der Waals surface area (Å²) in [5.41, 5.74) is 14.9. The molecule has 0 aliphatic carbocycles. The number of carboxylic acids is 2. The number of alkyl carbamates (subject to hydrolysis) is 1. The van der Waals surface area contributed by atoms with Crippen molar-refractivity contribution < 1.29 is 127 Å². The maximum absolute atomic E-state index is 13.9. The first kappa shape index (κ1) is 111. The number of nitrogens with one attached hydrogen (secondary N) is 12. The maximum Gasteiger partial charge on any atom is 0.408 e. The van der Waals surface area contributed by atoms with Crippen LogP contribution in [0.15, 0.2) is 113 Å². The Kier molecular flexibility index (Phi) is 45.3. The minimum absolute atomic E-state index is 0.0211. The van der Waals surface area contributed by atoms with Crippen molar-refractivity contribution in [3.8, 4) is 0 Å². The molecule has 3 aliphatic rings. The van der Waals surface area contributed by atoms with Crippen LogP contribution in [0.25, 0.3) is 0 Å². The Morgan fingerprint density at radius 1 is 0.634 bits per heavy atom. The van der Waals surface area contributed by atoms with Gasteiger partial charge in [0, 0.05) is 105 Å². The zero-order valence-electron chi connectivity index (χ0n) is 76.3. The molecule has 3 aromatic rings. The maximum atomic E-state index is 13.9. The lowest BCUT2D eigenvalue weighted by Gasteiger charge is -2.27. The van der Waals surface area contributed by atoms with Crippen LogP contribution in [0.5, 0.6) is 0 Å². The van der Waals surface area contributed by atoms with Crippen molar-refractivity contribution in [1.82, 2.24) is 63.4 Å². The third-order valence-electron chi connectivity index (χ3n) is 21.9. The van der Waals surface area contributed by atoms with Gasteiger partial charge in [0.2, 0.25) is 64.8 Å². The average Bonchev–Trinajstić information content (AvgIpc) is 1.59. The van der Waals surface area contributed by atoms with Crippen molar-refractivity contribution in [3.05, 3.63) is 119 Å². The van der Waals surface area contributed by atoms with Gasteiger partial charge in [0.25, 0.3) is 10.1 Å². The molecule has 0 radical (unpaired) electrons. The van der Waals surface area contributed by atoms with Crippen molar-refractivity contribution in [2.75, 3.05) is 109 Å². The highest BCUT2D eigenvalue weighted by atomic mass is 32.2. The fourth-order valence-electron chi connectivity index (χ4n) is 14.9. The molecule has 1 saturated heterocycles. The molecule has 3 aromatic carbocycles. The van der Waals surface area contributed by atoms with Crippen molar-refractivity contribution in [2.24, 2.45) is 17.4 Å². The van der Waals surface area contributed by atoms with Crippen LogP contribution >= 0.6 is 11.8 Å². The summed E-state index contributed by atoms with van der Waals surface area (Å²) in [5.74, 6) is -11.3. The highest BCUT2D eigenvalue weighted by Gasteiger charge is 2.46. The number of allylic oxidation sites excluding steroid dienone is 6. The number of imide groups is 1. The number of ether oxygens (including phenoxy) is 3. The molecular weight excluding hydrogens is 1810 g/mol. The third kappa shape index (κ3) is 36.0. The van der Waals surface area contributed by atoms with Gasteiger partial charge in [0.15, 0.2) is 17.5 Å². The van der Waals surface area contributed by atoms with E-state index in [0.29, 0.717) is 61.9 Å². The predicted molar refractivity (Wildman–Crippen MR) is 491 cm³/mol. The summed E-state index contributed by atoms with van der Waals surface area (Å²) in [6.07, 6.45) is 9.68. The van der Waals surface area contributed by atoms with Gasteiger partial charge in [-0.05, 0) is 139 Å². The summed E-state index contributed by atoms with van der Waals surface area (Å²) in [5, 5.41) is 64.0. The molecule has 43 nitrogen and oxygen atoms in total. The molecule has 3 heterocycles. The number of anilines is 1. The number of thioether (sulfide) groups is 1. The average molecular weight is 1940 g/mol. The molecule has 7 atom stereocenters. The number of carbonyl (C=O) groups excluding carboxylic acids is 12. The summed E-state index contributed by atoms with van der Waals surface area (Å²) in [7, 11) is -9.23. The molecule has 0 aromatic heterocycles. The molecule has 738 valence electrons. The van der Waals surface area contributed by atoms with E-state index in [1.165, 1.54) is 24.3 Å². The highest BCUT2D eigenvalue weighted by Crippen LogP contribution is 2.49. The number of aliphatic carboxylic acids is 2. The number of Topliss-reactive ketones (excluding diaryl/α,β-unsaturated/α-hetero) is 1. The van der Waals surface area contributed by atoms with Crippen molar-refractivity contribution in [2.45, 2.75) is 207 Å². The number of aliphatic hydroxyl groups is 1. The van der Waals surface area contributed by atoms with E-state index in [9.17, 15) is 108 Å². The molecule has 46 heteroatoms. The molecule has 0 saturated carbocycles. The Bertz CT molecular complexity index is 5010. The number of ketones is 1. The van der Waals surface area contributed by atoms with E-state index in [0.717, 1.165) is 39.4 Å². The van der Waals surface area contributed by atoms with Crippen molar-refractivity contribution >= 4 is 138 Å². The third-order valence-corrected chi connectivity index (χ3v) is 24.9. The highest BCUT2D eigenvalue weighted by molar-refractivity contribution is 8.00. The van der Waals surface area contributed by atoms with E-state index in [-0.39, 0.29) is 144 Å². The Morgan fingerprint density at radius 2 is 1.29 bits per heavy atom. The summed E-state index contributed by atoms with van der Waals surface area (Å²) >= 11 is 0.829. The summed E-state index contributed by atoms with van der Waals surface area (Å²) < 4.78 is 88.5. The van der Waals surface area contributed by atoms with E-state index >= 15 is 0 Å². The van der Waals surface area contributed by atoms with Crippen LogP contribution in [0.4, 0.5) is 16.2 Å². The fourth-order valence-corrected chi connectivity index (χ4v) is 17.1. The van der Waals surface area contributed by atoms with Gasteiger partial charge in [-0.3, -0.25) is 77.7 Å². The number of likely N-dealkylation sites (tertiary alicyclic amines) is 1. The summed E-state index contributed by atoms with van der Waals surface area (Å²) in [6.45, 7) is 11.4. The second-order valence-corrected chi connectivity index (χ2v) is 37.4. The lowest BCUT2D eigenvalue weighted by molar-refractivity contribution is -0.433. The SMILES string of the molecule is CC[N+]1=C(/C=C/C=C/C=C2\N(CCCCCC(=O)NCCN3C(=O)CC(SC[C@H](NC(=O)CCNC(=O)[C@H](CCC(=O)O)NCC(=O)COCCOCCNC(=O)CNC(=O)[C@H](CC(C)C)NC(=O)[C@H](CCCCN)NC(=O)[C@H](CO)NC(=O)[C@H](CCCNC(=N)N)NC(=O)OCc4ccccc4)C(=O)O)C3=O)c3ccc(S(=O)(=O)O)cc3C2(C)C)C(C)(C)c2cc(S(=O)(=O)[O-])ccc21. The number of hydrogen-bond donors (Lipinski definition) is 18. The Morgan fingerprint density at radius 3 is 1.96 bits per heavy atom. The molecule has 0 bridgehead atoms. The lowest BCUT2D eigenvalue weighted by Crippen LogP contribution is -2.59. The Labute approximate surface area is 782 Å². The zero-order valence-corrected chi connectivity index (χ0v) is 78.7. The fraction of sp³-hybridized carbons (Fsp3) is 0.545. The van der Waals surface area contributed by atoms with Gasteiger partial charge in [-0.1, -0.05) is 82.7 Å². The van der Waals surface area contributed by atoms with Crippen LogP contribution in [0.1, 0.15) is 155 Å². The largest absolute Gasteiger partial charge is 0.744 e. The first-order valence-electron chi connectivity index (χ1n) is 44.1. The van der Waals surface area contributed by atoms with Crippen molar-refractivity contribution in [3.63, 3.8) is 0 Å². The number of unbranched alkanes of at least 4 members (excludes halogenated alkanes) is 3. The standard InChI is InChI=1S/C88H127N17O26S3/c1-8-103-68-31-28-58(133(123,124)125)46-60(68)87(4,5)71(103)25-14-10-15-26-72-88(6,7)61-47-59(134(126,127)128)29-32-69(61)104(72)40-19-11-16-27-73(108)92-38-41-105-76(111)48-70(83(105)119)132-54-67(84(120)121)98-74(109)34-37-94-78(114)62(30-33-77(112)113)96-49-57(107)53-130-44-43-129-42-39-93-75(110)50-97-79(115)65(45-55(2)3)100-80(116)63(23-17-18-35-89)99-82(118)66(51-106)101-81(117)64(24-20-36-95-85(90)91)102-86(122)131-52-56-21-12-9-13-22-56/h9-10,12-15,21-22,25-26,28-29,31-32,46-47,55,62-67,70,96,106H,8,11,16-20,23-24,27,30,33-45,48-54,89H2,1-7H3,(H16-,90,91,92,93,94,95,97,98,99,100,101,102,108,109,110,112,113,114,115,116,117,118,120,121,122,123,124,125,126,127,128)/t62-,63-,64-,65-,66-,67-,70?/m0/s1. The monoisotopic (exact) mass is 1930 g/mol. The minimum Gasteiger partial charge on any atom is -0.744 e. The molecule has 3 aliphatic heterocycles. The number of hydrogen-bond acceptors (Lipinski definition) is 28. The van der Waals surface area contributed by atoms with Gasteiger partial charge in [-0.2, -0.15) is 13.0 Å². The van der Waals surface area contributed by atoms with E-state index in [1.807, 2.05) is 69.6 Å². The van der Waals surface area contributed by atoms with Crippen LogP contribution in [0.3, 0.4) is 0 Å². The quantitative estimate of drug-likeness (QED) is 0.00695. The van der Waals surface area contributed by atoms with Crippen LogP contribution in [0, 0.1) is 11.3 Å². The molecular formula is C88H127N17O26S3. The first-order chi connectivity index (χ1) is 63.4. The van der Waals surface area contributed by atoms with Gasteiger partial charge >= 0.3 is 18.0 Å². The molecule has 6 rings (SSSR count). The predicted octanol–water partition coefficient (Wildman–Crippen LogP) is 0.478. The number of rotatable bonds is 61. The minimum atomic E-state index is -4.69. The smallest absolute Gasteiger partial charge is 0.408 e. The number of nitrogens with two attached hydrogens (primary N) is 2. The van der Waals surface area contributed by atoms with Crippen molar-refractivity contribution in [1.29, 1.82) is 5.41 Å². The summed E-state index contributed by atoms with van der Waals surface area (Å²) in [6, 6.07) is 9.26. The number of carboxylic acid groups (broad SMARTS) is 2. The van der Waals surface area contributed by atoms with Crippen LogP contribution in [-0.2, 0) is 114 Å². The normalized spacial score (nSPS) is 16.1. The van der Waals surface area contributed by atoms with Gasteiger partial charge in [-0.15, -0.1) is 11.8 Å². The van der Waals surface area contributed by atoms with Gasteiger partial charge in [-0.25, -0.2) is 18.0 Å². The van der Waals surface area contributed by atoms with Crippen LogP contribution in [-0.4, -0.2) is 291 Å². The topological polar surface area (TPSA) is 657 Å². The number of aliphatic hydroxyl groups excluding tert-OH is 1. The number of fused-ring (bicyclic) bond motifs is 2. The second kappa shape index (κ2) is 54.7. The summed E-state index contributed by atoms with van der Waals surface area (Å²) in [4.78, 5) is 185. The number of amides is 11. The van der Waals surface area contributed by atoms with Gasteiger partial charge in [0.1, 0.15) is 60.1 Å². The van der Waals surface area contributed by atoms with Crippen LogP contribution < -0.4 is 74.9 Å². The number of nitrogens with zero attached hydrogens (tertiary/aromatic N) is 3. The molecule has 20 N–H and O–H groups in total. The van der Waals surface area contributed by atoms with Gasteiger partial charge < -0.3 is 104 Å². The van der Waals surface area contributed by atoms with Crippen LogP contribution in [0.2, 0.25) is 0 Å².